The Morgan fingerprint density at radius 1 is 1.56 bits per heavy atom. The van der Waals surface area contributed by atoms with Crippen LogP contribution in [0.2, 0.25) is 0 Å². The van der Waals surface area contributed by atoms with Crippen molar-refractivity contribution in [3.63, 3.8) is 0 Å². The van der Waals surface area contributed by atoms with E-state index >= 15 is 0 Å². The monoisotopic (exact) mass is 245 g/mol. The van der Waals surface area contributed by atoms with E-state index in [-0.39, 0.29) is 17.6 Å². The Morgan fingerprint density at radius 3 is 3.06 bits per heavy atom. The third-order valence-corrected chi connectivity index (χ3v) is 3.14. The number of hydrogen-bond acceptors (Lipinski definition) is 3. The van der Waals surface area contributed by atoms with Gasteiger partial charge in [0.25, 0.3) is 5.91 Å². The molecule has 6 heteroatoms. The molecule has 0 fully saturated rings. The Hall–Kier alpha value is -2.37. The predicted molar refractivity (Wildman–Crippen MR) is 63.7 cm³/mol. The number of amides is 1. The highest BCUT2D eigenvalue weighted by atomic mass is 16.4. The Morgan fingerprint density at radius 2 is 2.33 bits per heavy atom. The number of aromatic nitrogens is 2. The minimum atomic E-state index is -1.07. The molecule has 18 heavy (non-hydrogen) atoms. The van der Waals surface area contributed by atoms with Crippen LogP contribution >= 0.6 is 0 Å². The van der Waals surface area contributed by atoms with Gasteiger partial charge in [0.05, 0.1) is 6.04 Å². The highest BCUT2D eigenvalue weighted by Gasteiger charge is 2.25. The first-order chi connectivity index (χ1) is 8.58. The molecule has 2 aromatic heterocycles. The lowest BCUT2D eigenvalue weighted by molar-refractivity contribution is 0.0690. The van der Waals surface area contributed by atoms with Crippen LogP contribution in [-0.4, -0.2) is 33.1 Å². The summed E-state index contributed by atoms with van der Waals surface area (Å²) in [5.74, 6) is -1.22. The van der Waals surface area contributed by atoms with Gasteiger partial charge in [0.1, 0.15) is 11.3 Å². The molecule has 1 amide bonds. The van der Waals surface area contributed by atoms with E-state index in [1.807, 2.05) is 6.92 Å². The normalized spacial score (nSPS) is 18.5. The quantitative estimate of drug-likeness (QED) is 0.786. The lowest BCUT2D eigenvalue weighted by Crippen LogP contribution is -2.37. The summed E-state index contributed by atoms with van der Waals surface area (Å²) < 4.78 is 1.79. The van der Waals surface area contributed by atoms with Crippen molar-refractivity contribution in [3.8, 4) is 0 Å². The highest BCUT2D eigenvalue weighted by Crippen LogP contribution is 2.25. The minimum absolute atomic E-state index is 0.0124. The number of nitrogens with one attached hydrogen (secondary N) is 1. The maximum absolute atomic E-state index is 11.7. The Balaban J connectivity index is 2.32. The number of aromatic carboxylic acids is 1. The zero-order valence-electron chi connectivity index (χ0n) is 9.67. The van der Waals surface area contributed by atoms with Crippen molar-refractivity contribution in [3.05, 3.63) is 29.6 Å². The summed E-state index contributed by atoms with van der Waals surface area (Å²) in [6.45, 7) is 2.48. The van der Waals surface area contributed by atoms with Crippen molar-refractivity contribution in [2.24, 2.45) is 0 Å². The van der Waals surface area contributed by atoms with E-state index in [0.29, 0.717) is 17.9 Å². The molecule has 3 rings (SSSR count). The lowest BCUT2D eigenvalue weighted by Gasteiger charge is -2.23. The van der Waals surface area contributed by atoms with Crippen LogP contribution in [0.15, 0.2) is 18.2 Å². The van der Waals surface area contributed by atoms with E-state index < -0.39 is 5.97 Å². The van der Waals surface area contributed by atoms with Crippen LogP contribution in [-0.2, 0) is 0 Å². The molecule has 0 radical (unpaired) electrons. The summed E-state index contributed by atoms with van der Waals surface area (Å²) in [5.41, 5.74) is 1.06. The second kappa shape index (κ2) is 3.56. The molecule has 0 aliphatic carbocycles. The zero-order valence-corrected chi connectivity index (χ0v) is 9.67. The van der Waals surface area contributed by atoms with E-state index in [1.54, 1.807) is 16.7 Å². The highest BCUT2D eigenvalue weighted by molar-refractivity contribution is 5.99. The van der Waals surface area contributed by atoms with Crippen LogP contribution in [0.3, 0.4) is 0 Å². The zero-order chi connectivity index (χ0) is 12.9. The SMILES string of the molecule is CC1CNC(=O)c2cc3ccc(C(=O)O)nc3n21. The molecule has 92 valence electrons. The fraction of sp³-hybridized carbons (Fsp3) is 0.250. The molecule has 3 heterocycles. The maximum atomic E-state index is 11.7. The van der Waals surface area contributed by atoms with Crippen molar-refractivity contribution >= 4 is 22.9 Å². The molecular formula is C12H11N3O3. The average molecular weight is 245 g/mol. The smallest absolute Gasteiger partial charge is 0.354 e. The van der Waals surface area contributed by atoms with E-state index in [2.05, 4.69) is 10.3 Å². The number of hydrogen-bond donors (Lipinski definition) is 2. The van der Waals surface area contributed by atoms with Crippen molar-refractivity contribution in [1.29, 1.82) is 0 Å². The summed E-state index contributed by atoms with van der Waals surface area (Å²) in [5, 5.41) is 12.5. The third-order valence-electron chi connectivity index (χ3n) is 3.14. The second-order valence-corrected chi connectivity index (χ2v) is 4.37. The molecule has 6 nitrogen and oxygen atoms in total. The van der Waals surface area contributed by atoms with Gasteiger partial charge in [0.15, 0.2) is 5.69 Å². The number of carbonyl (C=O) groups is 2. The molecule has 1 unspecified atom stereocenters. The first-order valence-corrected chi connectivity index (χ1v) is 5.61. The van der Waals surface area contributed by atoms with Crippen molar-refractivity contribution in [2.45, 2.75) is 13.0 Å². The van der Waals surface area contributed by atoms with Gasteiger partial charge in [-0.05, 0) is 25.1 Å². The fourth-order valence-electron chi connectivity index (χ4n) is 2.26. The molecule has 2 N–H and O–H groups in total. The van der Waals surface area contributed by atoms with Crippen molar-refractivity contribution in [2.75, 3.05) is 6.54 Å². The molecule has 0 bridgehead atoms. The summed E-state index contributed by atoms with van der Waals surface area (Å²) >= 11 is 0. The lowest BCUT2D eigenvalue weighted by atomic mass is 10.2. The van der Waals surface area contributed by atoms with Gasteiger partial charge in [-0.2, -0.15) is 0 Å². The van der Waals surface area contributed by atoms with Gasteiger partial charge in [-0.25, -0.2) is 9.78 Å². The molecule has 1 aliphatic heterocycles. The van der Waals surface area contributed by atoms with Crippen LogP contribution in [0.1, 0.15) is 33.9 Å². The van der Waals surface area contributed by atoms with Crippen LogP contribution in [0.4, 0.5) is 0 Å². The number of rotatable bonds is 1. The van der Waals surface area contributed by atoms with Gasteiger partial charge in [-0.15, -0.1) is 0 Å². The molecule has 1 aliphatic rings. The summed E-state index contributed by atoms with van der Waals surface area (Å²) in [7, 11) is 0. The fourth-order valence-corrected chi connectivity index (χ4v) is 2.26. The number of pyridine rings is 1. The molecule has 2 aromatic rings. The standard InChI is InChI=1S/C12H11N3O3/c1-6-5-13-11(16)9-4-7-2-3-8(12(17)18)14-10(7)15(6)9/h2-4,6H,5H2,1H3,(H,13,16)(H,17,18). The van der Waals surface area contributed by atoms with Crippen LogP contribution in [0.5, 0.6) is 0 Å². The number of nitrogens with zero attached hydrogens (tertiary/aromatic N) is 2. The van der Waals surface area contributed by atoms with Crippen LogP contribution in [0.25, 0.3) is 11.0 Å². The van der Waals surface area contributed by atoms with Crippen LogP contribution in [0, 0.1) is 0 Å². The van der Waals surface area contributed by atoms with Crippen LogP contribution < -0.4 is 5.32 Å². The second-order valence-electron chi connectivity index (χ2n) is 4.37. The van der Waals surface area contributed by atoms with Crippen molar-refractivity contribution in [1.82, 2.24) is 14.9 Å². The van der Waals surface area contributed by atoms with E-state index in [4.69, 9.17) is 5.11 Å². The molecule has 0 spiro atoms. The van der Waals surface area contributed by atoms with Gasteiger partial charge in [-0.3, -0.25) is 4.79 Å². The summed E-state index contributed by atoms with van der Waals surface area (Å²) in [6, 6.07) is 4.92. The number of carboxylic acids is 1. The largest absolute Gasteiger partial charge is 0.477 e. The molecule has 0 saturated carbocycles. The average Bonchev–Trinajstić information content (AvgIpc) is 2.73. The van der Waals surface area contributed by atoms with Gasteiger partial charge in [0.2, 0.25) is 0 Å². The van der Waals surface area contributed by atoms with Gasteiger partial charge in [0, 0.05) is 11.9 Å². The minimum Gasteiger partial charge on any atom is -0.477 e. The van der Waals surface area contributed by atoms with Gasteiger partial charge >= 0.3 is 5.97 Å². The Kier molecular flexibility index (Phi) is 2.13. The third kappa shape index (κ3) is 1.38. The summed E-state index contributed by atoms with van der Waals surface area (Å²) in [6.07, 6.45) is 0. The molecule has 0 saturated heterocycles. The van der Waals surface area contributed by atoms with Gasteiger partial charge in [-0.1, -0.05) is 0 Å². The maximum Gasteiger partial charge on any atom is 0.354 e. The first kappa shape index (κ1) is 10.8. The predicted octanol–water partition coefficient (Wildman–Crippen LogP) is 1.04. The summed E-state index contributed by atoms with van der Waals surface area (Å²) in [4.78, 5) is 26.8. The number of carbonyl (C=O) groups excluding carboxylic acids is 1. The van der Waals surface area contributed by atoms with E-state index in [1.165, 1.54) is 6.07 Å². The molecule has 0 aromatic carbocycles. The first-order valence-electron chi connectivity index (χ1n) is 5.61. The molecule has 1 atom stereocenters. The number of fused-ring (bicyclic) bond motifs is 3. The Bertz CT molecular complexity index is 675. The molecular weight excluding hydrogens is 234 g/mol. The topological polar surface area (TPSA) is 84.2 Å². The number of carboxylic acid groups (broad SMARTS) is 1. The van der Waals surface area contributed by atoms with Gasteiger partial charge < -0.3 is 15.0 Å². The van der Waals surface area contributed by atoms with E-state index in [9.17, 15) is 9.59 Å². The Labute approximate surface area is 102 Å². The van der Waals surface area contributed by atoms with E-state index in [0.717, 1.165) is 5.39 Å². The van der Waals surface area contributed by atoms with Crippen molar-refractivity contribution < 1.29 is 14.7 Å².